The largest absolute Gasteiger partial charge is 0.463 e. The summed E-state index contributed by atoms with van der Waals surface area (Å²) >= 11 is 0. The highest BCUT2D eigenvalue weighted by molar-refractivity contribution is 5.67. The molecule has 1 aromatic heterocycles. The van der Waals surface area contributed by atoms with Crippen LogP contribution in [0.5, 0.6) is 6.01 Å². The molecule has 0 saturated carbocycles. The lowest BCUT2D eigenvalue weighted by Gasteiger charge is -2.22. The third-order valence-electron chi connectivity index (χ3n) is 3.48. The fourth-order valence-corrected chi connectivity index (χ4v) is 2.60. The number of fused-ring (bicyclic) bond motifs is 1. The highest BCUT2D eigenvalue weighted by Crippen LogP contribution is 2.36. The second-order valence-corrected chi connectivity index (χ2v) is 5.18. The fourth-order valence-electron chi connectivity index (χ4n) is 2.60. The van der Waals surface area contributed by atoms with Crippen LogP contribution in [0.2, 0.25) is 0 Å². The summed E-state index contributed by atoms with van der Waals surface area (Å²) in [4.78, 5) is 14.8. The average molecular weight is 285 g/mol. The number of nitrogen functional groups attached to an aromatic ring is 1. The van der Waals surface area contributed by atoms with E-state index < -0.39 is 0 Å². The van der Waals surface area contributed by atoms with Gasteiger partial charge < -0.3 is 15.4 Å². The van der Waals surface area contributed by atoms with Gasteiger partial charge in [-0.05, 0) is 31.4 Å². The van der Waals surface area contributed by atoms with E-state index in [1.807, 2.05) is 19.1 Å². The quantitative estimate of drug-likeness (QED) is 0.929. The number of hydrogen-bond acceptors (Lipinski definition) is 6. The molecule has 0 bridgehead atoms. The van der Waals surface area contributed by atoms with Crippen molar-refractivity contribution in [3.8, 4) is 6.01 Å². The van der Waals surface area contributed by atoms with E-state index in [-0.39, 0.29) is 18.0 Å². The number of para-hydroxylation sites is 1. The van der Waals surface area contributed by atoms with Gasteiger partial charge in [0.1, 0.15) is 0 Å². The molecule has 110 valence electrons. The lowest BCUT2D eigenvalue weighted by atomic mass is 10.1. The van der Waals surface area contributed by atoms with E-state index in [4.69, 9.17) is 10.5 Å². The minimum absolute atomic E-state index is 0.183. The van der Waals surface area contributed by atoms with E-state index in [0.29, 0.717) is 12.6 Å². The van der Waals surface area contributed by atoms with Crippen molar-refractivity contribution in [2.75, 3.05) is 17.2 Å². The van der Waals surface area contributed by atoms with Gasteiger partial charge in [0.25, 0.3) is 0 Å². The molecule has 6 nitrogen and oxygen atoms in total. The lowest BCUT2D eigenvalue weighted by Crippen LogP contribution is -2.26. The van der Waals surface area contributed by atoms with Gasteiger partial charge in [0, 0.05) is 11.7 Å². The predicted octanol–water partition coefficient (Wildman–Crippen LogP) is 2.33. The van der Waals surface area contributed by atoms with Gasteiger partial charge in [0.2, 0.25) is 11.9 Å². The van der Waals surface area contributed by atoms with Gasteiger partial charge in [0.05, 0.1) is 6.61 Å². The van der Waals surface area contributed by atoms with Crippen molar-refractivity contribution in [2.24, 2.45) is 0 Å². The van der Waals surface area contributed by atoms with Gasteiger partial charge in [-0.1, -0.05) is 25.1 Å². The third kappa shape index (κ3) is 2.61. The number of rotatable bonds is 4. The fraction of sp³-hybridized carbons (Fsp3) is 0.400. The van der Waals surface area contributed by atoms with Crippen LogP contribution in [0.25, 0.3) is 0 Å². The minimum atomic E-state index is 0.183. The van der Waals surface area contributed by atoms with E-state index in [1.54, 1.807) is 0 Å². The summed E-state index contributed by atoms with van der Waals surface area (Å²) in [5, 5.41) is 0. The van der Waals surface area contributed by atoms with Crippen LogP contribution in [0.3, 0.4) is 0 Å². The van der Waals surface area contributed by atoms with Gasteiger partial charge in [-0.15, -0.1) is 0 Å². The maximum absolute atomic E-state index is 5.80. The Labute approximate surface area is 124 Å². The topological polar surface area (TPSA) is 77.2 Å². The van der Waals surface area contributed by atoms with Gasteiger partial charge in [-0.2, -0.15) is 15.0 Å². The van der Waals surface area contributed by atoms with Crippen LogP contribution in [0.15, 0.2) is 24.3 Å². The molecule has 0 amide bonds. The highest BCUT2D eigenvalue weighted by Gasteiger charge is 2.29. The molecule has 2 heterocycles. The number of ether oxygens (including phenoxy) is 1. The Morgan fingerprint density at radius 1 is 1.29 bits per heavy atom. The van der Waals surface area contributed by atoms with E-state index in [9.17, 15) is 0 Å². The smallest absolute Gasteiger partial charge is 0.323 e. The molecule has 6 heteroatoms. The second-order valence-electron chi connectivity index (χ2n) is 5.18. The molecule has 2 N–H and O–H groups in total. The summed E-state index contributed by atoms with van der Waals surface area (Å²) in [5.41, 5.74) is 8.21. The first-order valence-corrected chi connectivity index (χ1v) is 7.20. The molecule has 21 heavy (non-hydrogen) atoms. The Morgan fingerprint density at radius 2 is 2.10 bits per heavy atom. The standard InChI is InChI=1S/C15H19N5O/c1-3-8-21-15-18-13(16)17-14(19-15)20-10(2)9-11-6-4-5-7-12(11)20/h4-7,10H,3,8-9H2,1-2H3,(H2,16,17,18,19). The predicted molar refractivity (Wildman–Crippen MR) is 81.8 cm³/mol. The van der Waals surface area contributed by atoms with Crippen molar-refractivity contribution in [3.05, 3.63) is 29.8 Å². The number of anilines is 3. The Bertz CT molecular complexity index is 646. The zero-order chi connectivity index (χ0) is 14.8. The number of hydrogen-bond donors (Lipinski definition) is 1. The van der Waals surface area contributed by atoms with Gasteiger partial charge in [-0.3, -0.25) is 0 Å². The first-order chi connectivity index (χ1) is 10.2. The summed E-state index contributed by atoms with van der Waals surface area (Å²) < 4.78 is 5.49. The van der Waals surface area contributed by atoms with Gasteiger partial charge in [-0.25, -0.2) is 0 Å². The van der Waals surface area contributed by atoms with Crippen molar-refractivity contribution < 1.29 is 4.74 Å². The number of nitrogens with zero attached hydrogens (tertiary/aromatic N) is 4. The van der Waals surface area contributed by atoms with E-state index >= 15 is 0 Å². The van der Waals surface area contributed by atoms with Crippen molar-refractivity contribution in [3.63, 3.8) is 0 Å². The van der Waals surface area contributed by atoms with Crippen LogP contribution in [0.1, 0.15) is 25.8 Å². The van der Waals surface area contributed by atoms with Crippen LogP contribution in [-0.2, 0) is 6.42 Å². The van der Waals surface area contributed by atoms with Crippen molar-refractivity contribution >= 4 is 17.6 Å². The maximum atomic E-state index is 5.80. The molecular formula is C15H19N5O. The Morgan fingerprint density at radius 3 is 2.90 bits per heavy atom. The zero-order valence-corrected chi connectivity index (χ0v) is 12.3. The molecule has 1 aliphatic heterocycles. The highest BCUT2D eigenvalue weighted by atomic mass is 16.5. The Hall–Kier alpha value is -2.37. The molecule has 0 aliphatic carbocycles. The Kier molecular flexibility index (Phi) is 3.60. The van der Waals surface area contributed by atoms with Gasteiger partial charge in [0.15, 0.2) is 0 Å². The van der Waals surface area contributed by atoms with Crippen LogP contribution >= 0.6 is 0 Å². The van der Waals surface area contributed by atoms with Crippen molar-refractivity contribution in [1.82, 2.24) is 15.0 Å². The van der Waals surface area contributed by atoms with Crippen LogP contribution in [-0.4, -0.2) is 27.6 Å². The molecule has 0 spiro atoms. The normalized spacial score (nSPS) is 16.9. The number of aromatic nitrogens is 3. The molecule has 3 rings (SSSR count). The number of nitrogens with two attached hydrogens (primary N) is 1. The summed E-state index contributed by atoms with van der Waals surface area (Å²) in [7, 11) is 0. The number of benzene rings is 1. The zero-order valence-electron chi connectivity index (χ0n) is 12.3. The molecule has 1 atom stereocenters. The third-order valence-corrected chi connectivity index (χ3v) is 3.48. The average Bonchev–Trinajstić information content (AvgIpc) is 2.80. The van der Waals surface area contributed by atoms with Crippen LogP contribution in [0, 0.1) is 0 Å². The summed E-state index contributed by atoms with van der Waals surface area (Å²) in [5.74, 6) is 0.730. The van der Waals surface area contributed by atoms with E-state index in [2.05, 4.69) is 38.9 Å². The molecule has 1 aromatic carbocycles. The van der Waals surface area contributed by atoms with Gasteiger partial charge >= 0.3 is 6.01 Å². The van der Waals surface area contributed by atoms with Crippen LogP contribution in [0.4, 0.5) is 17.6 Å². The summed E-state index contributed by atoms with van der Waals surface area (Å²) in [6.07, 6.45) is 1.86. The molecule has 2 aromatic rings. The first kappa shape index (κ1) is 13.6. The summed E-state index contributed by atoms with van der Waals surface area (Å²) in [6.45, 7) is 4.74. The Balaban J connectivity index is 1.98. The molecule has 0 radical (unpaired) electrons. The first-order valence-electron chi connectivity index (χ1n) is 7.20. The molecule has 1 aliphatic rings. The molecular weight excluding hydrogens is 266 g/mol. The van der Waals surface area contributed by atoms with Crippen molar-refractivity contribution in [1.29, 1.82) is 0 Å². The lowest BCUT2D eigenvalue weighted by molar-refractivity contribution is 0.292. The summed E-state index contributed by atoms with van der Waals surface area (Å²) in [6, 6.07) is 8.84. The van der Waals surface area contributed by atoms with E-state index in [1.165, 1.54) is 5.56 Å². The monoisotopic (exact) mass is 285 g/mol. The second kappa shape index (κ2) is 5.55. The maximum Gasteiger partial charge on any atom is 0.323 e. The minimum Gasteiger partial charge on any atom is -0.463 e. The molecule has 1 unspecified atom stereocenters. The van der Waals surface area contributed by atoms with E-state index in [0.717, 1.165) is 18.5 Å². The van der Waals surface area contributed by atoms with Crippen molar-refractivity contribution in [2.45, 2.75) is 32.7 Å². The molecule has 0 saturated heterocycles. The SMILES string of the molecule is CCCOc1nc(N)nc(N2c3ccccc3CC2C)n1. The van der Waals surface area contributed by atoms with Crippen LogP contribution < -0.4 is 15.4 Å². The molecule has 0 fully saturated rings.